The van der Waals surface area contributed by atoms with Crippen molar-refractivity contribution in [3.8, 4) is 0 Å². The maximum atomic E-state index is 4.32. The van der Waals surface area contributed by atoms with Crippen LogP contribution in [0.25, 0.3) is 0 Å². The van der Waals surface area contributed by atoms with E-state index in [9.17, 15) is 0 Å². The van der Waals surface area contributed by atoms with Crippen LogP contribution in [0.3, 0.4) is 0 Å². The summed E-state index contributed by atoms with van der Waals surface area (Å²) in [5.41, 5.74) is 0. The molecule has 1 atom stereocenters. The Bertz CT molecular complexity index is 545. The number of imidazole rings is 1. The maximum Gasteiger partial charge on any atom is 0.105 e. The van der Waals surface area contributed by atoms with Crippen molar-refractivity contribution >= 4 is 0 Å². The maximum absolute atomic E-state index is 4.32. The van der Waals surface area contributed by atoms with Crippen LogP contribution in [0.15, 0.2) is 30.9 Å². The summed E-state index contributed by atoms with van der Waals surface area (Å²) < 4.78 is 4.31. The Morgan fingerprint density at radius 2 is 2.09 bits per heavy atom. The molecule has 1 fully saturated rings. The molecule has 1 saturated heterocycles. The first-order valence-electron chi connectivity index (χ1n) is 8.52. The van der Waals surface area contributed by atoms with E-state index in [1.54, 1.807) is 0 Å². The van der Waals surface area contributed by atoms with Gasteiger partial charge in [-0.1, -0.05) is 6.42 Å². The summed E-state index contributed by atoms with van der Waals surface area (Å²) in [6.07, 6.45) is 14.4. The van der Waals surface area contributed by atoms with E-state index >= 15 is 0 Å². The fraction of sp³-hybridized carbons (Fsp3) is 0.647. The number of aryl methyl sites for hydroxylation is 3. The Hall–Kier alpha value is -1.62. The van der Waals surface area contributed by atoms with Gasteiger partial charge in [-0.3, -0.25) is 4.68 Å². The van der Waals surface area contributed by atoms with Gasteiger partial charge in [0.25, 0.3) is 0 Å². The van der Waals surface area contributed by atoms with Gasteiger partial charge in [-0.25, -0.2) is 4.98 Å². The normalized spacial score (nSPS) is 19.6. The first-order valence-corrected chi connectivity index (χ1v) is 8.52. The van der Waals surface area contributed by atoms with Crippen LogP contribution < -0.4 is 0 Å². The zero-order valence-electron chi connectivity index (χ0n) is 13.6. The van der Waals surface area contributed by atoms with Crippen molar-refractivity contribution in [2.45, 2.75) is 58.2 Å². The molecule has 0 spiro atoms. The first kappa shape index (κ1) is 15.3. The predicted molar refractivity (Wildman–Crippen MR) is 87.6 cm³/mol. The quantitative estimate of drug-likeness (QED) is 0.789. The lowest BCUT2D eigenvalue weighted by Crippen LogP contribution is -2.41. The van der Waals surface area contributed by atoms with Crippen LogP contribution in [0.4, 0.5) is 0 Å². The van der Waals surface area contributed by atoms with E-state index in [2.05, 4.69) is 43.5 Å². The van der Waals surface area contributed by atoms with Crippen LogP contribution in [0.1, 0.15) is 37.9 Å². The van der Waals surface area contributed by atoms with Gasteiger partial charge in [-0.15, -0.1) is 0 Å². The van der Waals surface area contributed by atoms with Crippen molar-refractivity contribution in [1.82, 2.24) is 24.2 Å². The molecule has 1 unspecified atom stereocenters. The van der Waals surface area contributed by atoms with Crippen molar-refractivity contribution in [3.63, 3.8) is 0 Å². The number of piperidine rings is 1. The van der Waals surface area contributed by atoms with Crippen LogP contribution in [0.2, 0.25) is 0 Å². The van der Waals surface area contributed by atoms with Gasteiger partial charge in [0.2, 0.25) is 0 Å². The molecule has 0 aromatic carbocycles. The third-order valence-electron chi connectivity index (χ3n) is 4.77. The highest BCUT2D eigenvalue weighted by Crippen LogP contribution is 2.20. The van der Waals surface area contributed by atoms with Crippen molar-refractivity contribution in [2.24, 2.45) is 0 Å². The molecule has 2 aromatic heterocycles. The van der Waals surface area contributed by atoms with Crippen LogP contribution in [0.5, 0.6) is 0 Å². The second-order valence-electron chi connectivity index (χ2n) is 6.26. The second kappa shape index (κ2) is 7.58. The van der Waals surface area contributed by atoms with Crippen LogP contribution in [-0.2, 0) is 13.1 Å². The summed E-state index contributed by atoms with van der Waals surface area (Å²) in [5, 5.41) is 4.32. The number of hydrogen-bond acceptors (Lipinski definition) is 3. The van der Waals surface area contributed by atoms with Crippen molar-refractivity contribution < 1.29 is 0 Å². The van der Waals surface area contributed by atoms with Gasteiger partial charge in [0.15, 0.2) is 0 Å². The largest absolute Gasteiger partial charge is 0.335 e. The second-order valence-corrected chi connectivity index (χ2v) is 6.26. The monoisotopic (exact) mass is 301 g/mol. The molecule has 120 valence electrons. The fourth-order valence-corrected chi connectivity index (χ4v) is 3.48. The Morgan fingerprint density at radius 1 is 1.14 bits per heavy atom. The van der Waals surface area contributed by atoms with E-state index in [1.807, 2.05) is 18.5 Å². The summed E-state index contributed by atoms with van der Waals surface area (Å²) >= 11 is 0. The molecule has 5 heteroatoms. The predicted octanol–water partition coefficient (Wildman–Crippen LogP) is 2.72. The van der Waals surface area contributed by atoms with Crippen molar-refractivity contribution in [1.29, 1.82) is 0 Å². The topological polar surface area (TPSA) is 38.9 Å². The van der Waals surface area contributed by atoms with E-state index in [1.165, 1.54) is 45.2 Å². The highest BCUT2D eigenvalue weighted by atomic mass is 15.3. The molecule has 22 heavy (non-hydrogen) atoms. The minimum atomic E-state index is 0.724. The molecular weight excluding hydrogens is 274 g/mol. The van der Waals surface area contributed by atoms with E-state index in [0.29, 0.717) is 0 Å². The fourth-order valence-electron chi connectivity index (χ4n) is 3.48. The Kier molecular flexibility index (Phi) is 5.27. The molecule has 3 heterocycles. The Balaban J connectivity index is 1.46. The average Bonchev–Trinajstić information content (AvgIpc) is 3.18. The average molecular weight is 301 g/mol. The minimum absolute atomic E-state index is 0.724. The first-order chi connectivity index (χ1) is 10.8. The zero-order valence-corrected chi connectivity index (χ0v) is 13.6. The molecule has 1 aliphatic rings. The third-order valence-corrected chi connectivity index (χ3v) is 4.77. The molecule has 0 bridgehead atoms. The number of rotatable bonds is 7. The van der Waals surface area contributed by atoms with Crippen molar-refractivity contribution in [2.75, 3.05) is 13.1 Å². The van der Waals surface area contributed by atoms with E-state index in [4.69, 9.17) is 0 Å². The molecule has 5 nitrogen and oxygen atoms in total. The van der Waals surface area contributed by atoms with Gasteiger partial charge in [-0.05, 0) is 45.2 Å². The summed E-state index contributed by atoms with van der Waals surface area (Å²) in [4.78, 5) is 6.99. The number of hydrogen-bond donors (Lipinski definition) is 0. The van der Waals surface area contributed by atoms with Gasteiger partial charge < -0.3 is 9.47 Å². The smallest absolute Gasteiger partial charge is 0.105 e. The van der Waals surface area contributed by atoms with E-state index < -0.39 is 0 Å². The molecule has 1 aliphatic heterocycles. The van der Waals surface area contributed by atoms with Gasteiger partial charge in [0, 0.05) is 50.5 Å². The highest BCUT2D eigenvalue weighted by molar-refractivity contribution is 4.88. The van der Waals surface area contributed by atoms with E-state index in [-0.39, 0.29) is 0 Å². The number of aromatic nitrogens is 4. The molecule has 2 aromatic rings. The van der Waals surface area contributed by atoms with Crippen LogP contribution in [-0.4, -0.2) is 43.4 Å². The minimum Gasteiger partial charge on any atom is -0.335 e. The lowest BCUT2D eigenvalue weighted by molar-refractivity contribution is 0.131. The Morgan fingerprint density at radius 3 is 2.86 bits per heavy atom. The van der Waals surface area contributed by atoms with Crippen LogP contribution in [0, 0.1) is 6.92 Å². The summed E-state index contributed by atoms with van der Waals surface area (Å²) in [6, 6.07) is 2.73. The van der Waals surface area contributed by atoms with Gasteiger partial charge >= 0.3 is 0 Å². The summed E-state index contributed by atoms with van der Waals surface area (Å²) in [7, 11) is 0. The zero-order chi connectivity index (χ0) is 15.2. The molecule has 0 amide bonds. The lowest BCUT2D eigenvalue weighted by atomic mass is 9.99. The third kappa shape index (κ3) is 3.97. The van der Waals surface area contributed by atoms with Crippen LogP contribution >= 0.6 is 0 Å². The lowest BCUT2D eigenvalue weighted by Gasteiger charge is -2.36. The van der Waals surface area contributed by atoms with E-state index in [0.717, 1.165) is 25.0 Å². The molecule has 0 aliphatic carbocycles. The number of likely N-dealkylation sites (tertiary alicyclic amines) is 1. The molecule has 3 rings (SSSR count). The van der Waals surface area contributed by atoms with Gasteiger partial charge in [-0.2, -0.15) is 5.10 Å². The SMILES string of the molecule is Cc1nccn1CCCN1CCCCC1CCn1cccn1. The molecule has 0 saturated carbocycles. The Labute approximate surface area is 133 Å². The molecule has 0 radical (unpaired) electrons. The van der Waals surface area contributed by atoms with Crippen molar-refractivity contribution in [3.05, 3.63) is 36.7 Å². The highest BCUT2D eigenvalue weighted by Gasteiger charge is 2.21. The van der Waals surface area contributed by atoms with Gasteiger partial charge in [0.1, 0.15) is 5.82 Å². The summed E-state index contributed by atoms with van der Waals surface area (Å²) in [6.45, 7) is 6.64. The number of nitrogens with zero attached hydrogens (tertiary/aromatic N) is 5. The standard InChI is InChI=1S/C17H27N5/c1-16-18-9-15-20(16)11-5-12-21-10-3-2-6-17(21)7-14-22-13-4-8-19-22/h4,8-9,13,15,17H,2-3,5-7,10-12,14H2,1H3. The van der Waals surface area contributed by atoms with Gasteiger partial charge in [0.05, 0.1) is 0 Å². The molecular formula is C17H27N5. The summed E-state index contributed by atoms with van der Waals surface area (Å²) in [5.74, 6) is 1.12. The molecule has 0 N–H and O–H groups in total.